The second-order valence-corrected chi connectivity index (χ2v) is 0. The molecular weight excluding hydrogens is 474 g/mol. The average molecular weight is 478 g/mol. The summed E-state index contributed by atoms with van der Waals surface area (Å²) in [4.78, 5) is 0. The molecule has 0 atom stereocenters. The molecule has 0 aliphatic rings. The molecule has 4 N–H and O–H groups in total. The third-order valence-corrected chi connectivity index (χ3v) is 0. The third-order valence-electron chi connectivity index (χ3n) is 0. The van der Waals surface area contributed by atoms with Crippen LogP contribution in [0.2, 0.25) is 0 Å². The minimum absolute atomic E-state index is 0. The van der Waals surface area contributed by atoms with Gasteiger partial charge in [0.2, 0.25) is 0 Å². The first kappa shape index (κ1) is 599. The summed E-state index contributed by atoms with van der Waals surface area (Å²) in [6.45, 7) is 0. The van der Waals surface area contributed by atoms with Crippen LogP contribution in [0.1, 0.15) is 0 Å². The molecule has 0 rings (SSSR count). The molecule has 0 aromatic rings. The van der Waals surface area contributed by atoms with E-state index in [9.17, 15) is 0 Å². The zero-order valence-electron chi connectivity index (χ0n) is 3.94. The van der Waals surface area contributed by atoms with Gasteiger partial charge in [0.1, 0.15) is 0 Å². The molecule has 0 aliphatic heterocycles. The van der Waals surface area contributed by atoms with Crippen LogP contribution < -0.4 is 0 Å². The largest absolute Gasteiger partial charge is 5.00 e. The Morgan fingerprint density at radius 3 is 0.333 bits per heavy atom. The van der Waals surface area contributed by atoms with Gasteiger partial charge in [-0.05, 0) is 0 Å². The van der Waals surface area contributed by atoms with E-state index in [2.05, 4.69) is 0 Å². The van der Waals surface area contributed by atoms with Crippen molar-refractivity contribution < 1.29 is 83.1 Å². The van der Waals surface area contributed by atoms with Crippen LogP contribution in [-0.4, -0.2) is 11.0 Å². The number of rotatable bonds is 0. The Bertz CT molecular complexity index is 6.88. The molecule has 0 spiro atoms. The van der Waals surface area contributed by atoms with Gasteiger partial charge in [0.05, 0.1) is 0 Å². The zero-order valence-corrected chi connectivity index (χ0v) is 10.4. The Kier molecular flexibility index (Phi) is 28600. The Labute approximate surface area is 83.0 Å². The van der Waals surface area contributed by atoms with Gasteiger partial charge in [-0.3, -0.25) is 0 Å². The standard InChI is InChI=1S/2H2O.5O.2Ta/h2*1H2;;;;;;;/q;;5*-2;2*+5. The smallest absolute Gasteiger partial charge is 2.00 e. The summed E-state index contributed by atoms with van der Waals surface area (Å²) in [5.41, 5.74) is 0. The van der Waals surface area contributed by atoms with Gasteiger partial charge in [0.25, 0.3) is 0 Å². The summed E-state index contributed by atoms with van der Waals surface area (Å²) < 4.78 is 0. The van der Waals surface area contributed by atoms with E-state index < -0.39 is 0 Å². The Balaban J connectivity index is 0. The number of hydrogen-bond donors (Lipinski definition) is 0. The minimum Gasteiger partial charge on any atom is -2.00 e. The maximum Gasteiger partial charge on any atom is 5.00 e. The molecule has 0 fully saturated rings. The quantitative estimate of drug-likeness (QED) is 0.362. The van der Waals surface area contributed by atoms with Crippen molar-refractivity contribution in [2.24, 2.45) is 0 Å². The summed E-state index contributed by atoms with van der Waals surface area (Å²) in [7, 11) is 0. The summed E-state index contributed by atoms with van der Waals surface area (Å²) in [5.74, 6) is 0. The van der Waals surface area contributed by atoms with Crippen molar-refractivity contribution in [3.63, 3.8) is 0 Å². The maximum absolute atomic E-state index is 0. The van der Waals surface area contributed by atoms with E-state index in [0.717, 1.165) is 0 Å². The predicted molar refractivity (Wildman–Crippen MR) is 10.7 cm³/mol. The summed E-state index contributed by atoms with van der Waals surface area (Å²) in [6, 6.07) is 0. The second kappa shape index (κ2) is 429. The monoisotopic (exact) mass is 478 g/mol. The van der Waals surface area contributed by atoms with E-state index in [1.54, 1.807) is 0 Å². The van der Waals surface area contributed by atoms with Crippen LogP contribution in [0.25, 0.3) is 0 Å². The van der Waals surface area contributed by atoms with Gasteiger partial charge in [-0.2, -0.15) is 0 Å². The van der Waals surface area contributed by atoms with E-state index in [0.29, 0.717) is 0 Å². The molecule has 9 heteroatoms. The molecule has 0 aliphatic carbocycles. The fourth-order valence-corrected chi connectivity index (χ4v) is 0. The van der Waals surface area contributed by atoms with Crippen LogP contribution in [-0.2, 0) is 72.1 Å². The van der Waals surface area contributed by atoms with Gasteiger partial charge in [0.15, 0.2) is 0 Å². The molecule has 0 saturated heterocycles. The van der Waals surface area contributed by atoms with Gasteiger partial charge in [-0.25, -0.2) is 0 Å². The molecule has 9 heavy (non-hydrogen) atoms. The molecule has 0 radical (unpaired) electrons. The van der Waals surface area contributed by atoms with Gasteiger partial charge in [0, 0.05) is 0 Å². The van der Waals surface area contributed by atoms with Crippen LogP contribution in [0.4, 0.5) is 0 Å². The fraction of sp³-hybridized carbons (Fsp3) is 0. The maximum atomic E-state index is 0. The normalized spacial score (nSPS) is 0. The molecule has 0 heterocycles. The van der Waals surface area contributed by atoms with Crippen molar-refractivity contribution in [2.75, 3.05) is 0 Å². The predicted octanol–water partition coefficient (Wildman–Crippen LogP) is -2.25. The van der Waals surface area contributed by atoms with E-state index in [1.165, 1.54) is 0 Å². The molecule has 7 nitrogen and oxygen atoms in total. The van der Waals surface area contributed by atoms with Crippen molar-refractivity contribution in [1.82, 2.24) is 0 Å². The third kappa shape index (κ3) is 331. The van der Waals surface area contributed by atoms with Gasteiger partial charge in [-0.15, -0.1) is 0 Å². The van der Waals surface area contributed by atoms with E-state index >= 15 is 0 Å². The van der Waals surface area contributed by atoms with Gasteiger partial charge in [-0.1, -0.05) is 0 Å². The van der Waals surface area contributed by atoms with Crippen molar-refractivity contribution in [3.8, 4) is 0 Å². The molecule has 0 aromatic heterocycles. The zero-order chi connectivity index (χ0) is 0. The molecule has 56 valence electrons. The minimum atomic E-state index is 0. The summed E-state index contributed by atoms with van der Waals surface area (Å²) in [6.07, 6.45) is 0. The van der Waals surface area contributed by atoms with Crippen LogP contribution in [0.5, 0.6) is 0 Å². The van der Waals surface area contributed by atoms with E-state index in [-0.39, 0.29) is 83.1 Å². The molecular formula is H4O7Ta2. The molecule has 0 saturated carbocycles. The summed E-state index contributed by atoms with van der Waals surface area (Å²) >= 11 is 0. The summed E-state index contributed by atoms with van der Waals surface area (Å²) in [5, 5.41) is 0. The topological polar surface area (TPSA) is 206 Å². The number of hydrogen-bond acceptors (Lipinski definition) is 0. The van der Waals surface area contributed by atoms with Crippen LogP contribution >= 0.6 is 0 Å². The Morgan fingerprint density at radius 1 is 0.333 bits per heavy atom. The average Bonchev–Trinajstić information content (AvgIpc) is 0. The van der Waals surface area contributed by atoms with Crippen LogP contribution in [0.15, 0.2) is 0 Å². The molecule has 0 amide bonds. The van der Waals surface area contributed by atoms with Gasteiger partial charge < -0.3 is 38.3 Å². The SMILES string of the molecule is O.O.[O-2].[O-2].[O-2].[O-2].[O-2].[Ta+5].[Ta+5]. The Hall–Kier alpha value is 1.20. The van der Waals surface area contributed by atoms with Crippen molar-refractivity contribution >= 4 is 0 Å². The molecule has 0 unspecified atom stereocenters. The van der Waals surface area contributed by atoms with Crippen molar-refractivity contribution in [2.45, 2.75) is 0 Å². The van der Waals surface area contributed by atoms with Crippen LogP contribution in [0, 0.1) is 0 Å². The van der Waals surface area contributed by atoms with E-state index in [1.807, 2.05) is 0 Å². The first-order valence-electron chi connectivity index (χ1n) is 0. The first-order chi connectivity index (χ1) is 0. The van der Waals surface area contributed by atoms with Gasteiger partial charge >= 0.3 is 44.8 Å². The van der Waals surface area contributed by atoms with Crippen LogP contribution in [0.3, 0.4) is 0 Å². The molecule has 0 aromatic carbocycles. The van der Waals surface area contributed by atoms with Crippen molar-refractivity contribution in [3.05, 3.63) is 0 Å². The fourth-order valence-electron chi connectivity index (χ4n) is 0. The molecule has 0 bridgehead atoms. The van der Waals surface area contributed by atoms with Crippen molar-refractivity contribution in [1.29, 1.82) is 0 Å². The Morgan fingerprint density at radius 2 is 0.333 bits per heavy atom. The first-order valence-corrected chi connectivity index (χ1v) is 0. The second-order valence-electron chi connectivity index (χ2n) is 0. The van der Waals surface area contributed by atoms with E-state index in [4.69, 9.17) is 0 Å².